The highest BCUT2D eigenvalue weighted by Crippen LogP contribution is 2.26. The van der Waals surface area contributed by atoms with Crippen molar-refractivity contribution in [2.75, 3.05) is 6.61 Å². The van der Waals surface area contributed by atoms with Gasteiger partial charge in [-0.25, -0.2) is 10.8 Å². The number of nitrogens with two attached hydrogens (primary N) is 1. The van der Waals surface area contributed by atoms with Crippen LogP contribution in [0.2, 0.25) is 0 Å². The first-order valence-electron chi connectivity index (χ1n) is 8.72. The van der Waals surface area contributed by atoms with Gasteiger partial charge in [0.15, 0.2) is 0 Å². The summed E-state index contributed by atoms with van der Waals surface area (Å²) in [5.74, 6) is 6.44. The lowest BCUT2D eigenvalue weighted by Crippen LogP contribution is -2.30. The van der Waals surface area contributed by atoms with Gasteiger partial charge >= 0.3 is 0 Å². The van der Waals surface area contributed by atoms with Gasteiger partial charge < -0.3 is 4.74 Å². The van der Waals surface area contributed by atoms with Crippen LogP contribution in [0.3, 0.4) is 0 Å². The van der Waals surface area contributed by atoms with E-state index in [4.69, 9.17) is 10.6 Å². The number of para-hydroxylation sites is 1. The van der Waals surface area contributed by atoms with E-state index in [-0.39, 0.29) is 5.91 Å². The van der Waals surface area contributed by atoms with E-state index >= 15 is 0 Å². The topological polar surface area (TPSA) is 77.2 Å². The molecule has 0 aliphatic heterocycles. The monoisotopic (exact) mass is 349 g/mol. The molecule has 0 fully saturated rings. The van der Waals surface area contributed by atoms with Crippen LogP contribution in [0.25, 0.3) is 22.2 Å². The number of ether oxygens (including phenoxy) is 1. The predicted octanol–water partition coefficient (Wildman–Crippen LogP) is 3.93. The molecule has 1 aromatic heterocycles. The van der Waals surface area contributed by atoms with Gasteiger partial charge in [-0.15, -0.1) is 0 Å². The summed E-state index contributed by atoms with van der Waals surface area (Å²) in [7, 11) is 0. The second-order valence-corrected chi connectivity index (χ2v) is 6.60. The number of nitrogen functional groups attached to an aromatic ring is 1. The Morgan fingerprint density at radius 3 is 2.58 bits per heavy atom. The van der Waals surface area contributed by atoms with Crippen LogP contribution in [-0.2, 0) is 0 Å². The molecular formula is C21H23N3O2. The van der Waals surface area contributed by atoms with E-state index in [1.807, 2.05) is 48.5 Å². The molecule has 0 saturated carbocycles. The summed E-state index contributed by atoms with van der Waals surface area (Å²) in [6.45, 7) is 5.05. The molecule has 134 valence electrons. The maximum absolute atomic E-state index is 12.2. The number of hydrogen-bond acceptors (Lipinski definition) is 4. The summed E-state index contributed by atoms with van der Waals surface area (Å²) in [6, 6.07) is 17.0. The average molecular weight is 349 g/mol. The van der Waals surface area contributed by atoms with Gasteiger partial charge in [0.05, 0.1) is 23.4 Å². The molecule has 0 radical (unpaired) electrons. The lowest BCUT2D eigenvalue weighted by Gasteiger charge is -2.10. The van der Waals surface area contributed by atoms with E-state index in [0.29, 0.717) is 18.1 Å². The largest absolute Gasteiger partial charge is 0.494 e. The van der Waals surface area contributed by atoms with Crippen molar-refractivity contribution in [1.82, 2.24) is 10.4 Å². The van der Waals surface area contributed by atoms with E-state index in [9.17, 15) is 4.79 Å². The van der Waals surface area contributed by atoms with Crippen LogP contribution in [0.5, 0.6) is 5.75 Å². The number of pyridine rings is 1. The van der Waals surface area contributed by atoms with Crippen molar-refractivity contribution in [2.24, 2.45) is 11.8 Å². The SMILES string of the molecule is CC(C)CCOc1ccc(-c2cc(C(=O)NN)c3ccccc3n2)cc1. The number of rotatable bonds is 6. The summed E-state index contributed by atoms with van der Waals surface area (Å²) in [5, 5.41) is 0.771. The van der Waals surface area contributed by atoms with E-state index in [1.165, 1.54) is 0 Å². The summed E-state index contributed by atoms with van der Waals surface area (Å²) in [6.07, 6.45) is 1.02. The van der Waals surface area contributed by atoms with Gasteiger partial charge in [-0.05, 0) is 48.7 Å². The van der Waals surface area contributed by atoms with Crippen LogP contribution in [0, 0.1) is 5.92 Å². The van der Waals surface area contributed by atoms with Crippen LogP contribution in [0.4, 0.5) is 0 Å². The van der Waals surface area contributed by atoms with Gasteiger partial charge in [0.1, 0.15) is 5.75 Å². The highest BCUT2D eigenvalue weighted by molar-refractivity contribution is 6.06. The van der Waals surface area contributed by atoms with Crippen LogP contribution in [0.15, 0.2) is 54.6 Å². The van der Waals surface area contributed by atoms with Crippen molar-refractivity contribution in [3.63, 3.8) is 0 Å². The Morgan fingerprint density at radius 2 is 1.88 bits per heavy atom. The molecule has 3 N–H and O–H groups in total. The van der Waals surface area contributed by atoms with E-state index in [2.05, 4.69) is 24.3 Å². The van der Waals surface area contributed by atoms with E-state index < -0.39 is 0 Å². The number of nitrogens with zero attached hydrogens (tertiary/aromatic N) is 1. The van der Waals surface area contributed by atoms with Gasteiger partial charge in [-0.3, -0.25) is 10.2 Å². The normalized spacial score (nSPS) is 10.9. The number of carbonyl (C=O) groups excluding carboxylic acids is 1. The third-order valence-corrected chi connectivity index (χ3v) is 4.21. The summed E-state index contributed by atoms with van der Waals surface area (Å²) in [4.78, 5) is 16.8. The van der Waals surface area contributed by atoms with Crippen molar-refractivity contribution < 1.29 is 9.53 Å². The Kier molecular flexibility index (Phi) is 5.49. The minimum Gasteiger partial charge on any atom is -0.494 e. The molecule has 0 aliphatic rings. The van der Waals surface area contributed by atoms with Gasteiger partial charge in [0, 0.05) is 10.9 Å². The van der Waals surface area contributed by atoms with Crippen LogP contribution in [-0.4, -0.2) is 17.5 Å². The molecule has 0 saturated heterocycles. The highest BCUT2D eigenvalue weighted by atomic mass is 16.5. The fraction of sp³-hybridized carbons (Fsp3) is 0.238. The van der Waals surface area contributed by atoms with Crippen LogP contribution < -0.4 is 16.0 Å². The Bertz CT molecular complexity index is 905. The number of aromatic nitrogens is 1. The molecule has 0 aliphatic carbocycles. The molecule has 3 aromatic rings. The lowest BCUT2D eigenvalue weighted by molar-refractivity contribution is 0.0955. The molecule has 0 atom stereocenters. The minimum absolute atomic E-state index is 0.335. The number of hydrogen-bond donors (Lipinski definition) is 2. The minimum atomic E-state index is -0.335. The molecule has 1 amide bonds. The molecule has 5 nitrogen and oxygen atoms in total. The smallest absolute Gasteiger partial charge is 0.265 e. The summed E-state index contributed by atoms with van der Waals surface area (Å²) < 4.78 is 5.76. The number of nitrogens with one attached hydrogen (secondary N) is 1. The molecule has 0 bridgehead atoms. The Balaban J connectivity index is 1.91. The number of hydrazine groups is 1. The second-order valence-electron chi connectivity index (χ2n) is 6.60. The van der Waals surface area contributed by atoms with Gasteiger partial charge in [0.25, 0.3) is 5.91 Å². The quantitative estimate of drug-likeness (QED) is 0.401. The lowest BCUT2D eigenvalue weighted by atomic mass is 10.0. The van der Waals surface area contributed by atoms with Crippen molar-refractivity contribution >= 4 is 16.8 Å². The Hall–Kier alpha value is -2.92. The predicted molar refractivity (Wildman–Crippen MR) is 104 cm³/mol. The fourth-order valence-electron chi connectivity index (χ4n) is 2.72. The van der Waals surface area contributed by atoms with Crippen molar-refractivity contribution in [1.29, 1.82) is 0 Å². The molecule has 3 rings (SSSR count). The van der Waals surface area contributed by atoms with Crippen molar-refractivity contribution in [3.05, 3.63) is 60.2 Å². The molecule has 0 spiro atoms. The molecule has 5 heteroatoms. The molecule has 26 heavy (non-hydrogen) atoms. The van der Waals surface area contributed by atoms with Gasteiger partial charge in [-0.1, -0.05) is 32.0 Å². The first-order valence-corrected chi connectivity index (χ1v) is 8.72. The van der Waals surface area contributed by atoms with E-state index in [1.54, 1.807) is 6.07 Å². The Morgan fingerprint density at radius 1 is 1.15 bits per heavy atom. The first-order chi connectivity index (χ1) is 12.6. The summed E-state index contributed by atoms with van der Waals surface area (Å²) >= 11 is 0. The molecule has 0 unspecified atom stereocenters. The van der Waals surface area contributed by atoms with Crippen molar-refractivity contribution in [2.45, 2.75) is 20.3 Å². The average Bonchev–Trinajstić information content (AvgIpc) is 2.66. The zero-order valence-corrected chi connectivity index (χ0v) is 15.0. The maximum Gasteiger partial charge on any atom is 0.265 e. The first kappa shape index (κ1) is 17.9. The number of fused-ring (bicyclic) bond motifs is 1. The second kappa shape index (κ2) is 7.97. The standard InChI is InChI=1S/C21H23N3O2/c1-14(2)11-12-26-16-9-7-15(8-10-16)20-13-18(21(25)24-22)17-5-3-4-6-19(17)23-20/h3-10,13-14H,11-12,22H2,1-2H3,(H,24,25). The van der Waals surface area contributed by atoms with Crippen molar-refractivity contribution in [3.8, 4) is 17.0 Å². The number of amides is 1. The fourth-order valence-corrected chi connectivity index (χ4v) is 2.72. The molecular weight excluding hydrogens is 326 g/mol. The van der Waals surface area contributed by atoms with Gasteiger partial charge in [-0.2, -0.15) is 0 Å². The number of carbonyl (C=O) groups is 1. The zero-order valence-electron chi connectivity index (χ0n) is 15.0. The van der Waals surface area contributed by atoms with Gasteiger partial charge in [0.2, 0.25) is 0 Å². The zero-order chi connectivity index (χ0) is 18.5. The van der Waals surface area contributed by atoms with Crippen LogP contribution in [0.1, 0.15) is 30.6 Å². The third kappa shape index (κ3) is 4.00. The maximum atomic E-state index is 12.2. The third-order valence-electron chi connectivity index (χ3n) is 4.21. The Labute approximate surface area is 153 Å². The van der Waals surface area contributed by atoms with E-state index in [0.717, 1.165) is 34.3 Å². The molecule has 1 heterocycles. The number of benzene rings is 2. The molecule has 2 aromatic carbocycles. The highest BCUT2D eigenvalue weighted by Gasteiger charge is 2.13. The summed E-state index contributed by atoms with van der Waals surface area (Å²) in [5.41, 5.74) is 5.10. The van der Waals surface area contributed by atoms with Crippen LogP contribution >= 0.6 is 0 Å².